The number of nitrogens with one attached hydrogen (secondary N) is 2. The van der Waals surface area contributed by atoms with Crippen molar-refractivity contribution in [3.63, 3.8) is 0 Å². The SMILES string of the molecule is CCS(=O)(=O)N1CCC(C(=O)NCCNc2ccnc3cc(Cl)ccc23)CC1. The third-order valence-corrected chi connectivity index (χ3v) is 7.14. The molecule has 3 rings (SSSR count). The number of amides is 1. The standard InChI is InChI=1S/C19H25ClN4O3S/c1-2-28(26,27)24-11-6-14(7-12-24)19(25)23-10-9-22-17-5-8-21-18-13-15(20)3-4-16(17)18/h3-5,8,13-14H,2,6-7,9-12H2,1H3,(H,21,22)(H,23,25). The van der Waals surface area contributed by atoms with Gasteiger partial charge in [-0.2, -0.15) is 0 Å². The van der Waals surface area contributed by atoms with Crippen LogP contribution in [0.1, 0.15) is 19.8 Å². The van der Waals surface area contributed by atoms with E-state index < -0.39 is 10.0 Å². The molecule has 1 aromatic carbocycles. The number of nitrogens with zero attached hydrogens (tertiary/aromatic N) is 2. The van der Waals surface area contributed by atoms with Crippen molar-refractivity contribution in [2.75, 3.05) is 37.2 Å². The highest BCUT2D eigenvalue weighted by atomic mass is 35.5. The zero-order valence-corrected chi connectivity index (χ0v) is 17.4. The van der Waals surface area contributed by atoms with Crippen molar-refractivity contribution in [3.8, 4) is 0 Å². The summed E-state index contributed by atoms with van der Waals surface area (Å²) in [6, 6.07) is 7.45. The first-order chi connectivity index (χ1) is 13.4. The van der Waals surface area contributed by atoms with Gasteiger partial charge in [-0.15, -0.1) is 0 Å². The number of fused-ring (bicyclic) bond motifs is 1. The van der Waals surface area contributed by atoms with Gasteiger partial charge in [0.25, 0.3) is 0 Å². The summed E-state index contributed by atoms with van der Waals surface area (Å²) in [5, 5.41) is 7.87. The van der Waals surface area contributed by atoms with Crippen molar-refractivity contribution in [2.24, 2.45) is 5.92 Å². The lowest BCUT2D eigenvalue weighted by Crippen LogP contribution is -2.44. The molecule has 2 aromatic rings. The molecule has 1 saturated heterocycles. The zero-order valence-electron chi connectivity index (χ0n) is 15.8. The average molecular weight is 425 g/mol. The smallest absolute Gasteiger partial charge is 0.223 e. The van der Waals surface area contributed by atoms with Crippen LogP contribution in [-0.4, -0.2) is 55.5 Å². The minimum atomic E-state index is -3.16. The molecule has 28 heavy (non-hydrogen) atoms. The number of piperidine rings is 1. The van der Waals surface area contributed by atoms with E-state index in [4.69, 9.17) is 11.6 Å². The molecule has 1 amide bonds. The van der Waals surface area contributed by atoms with Gasteiger partial charge in [0.1, 0.15) is 0 Å². The summed E-state index contributed by atoms with van der Waals surface area (Å²) in [5.41, 5.74) is 1.75. The van der Waals surface area contributed by atoms with Gasteiger partial charge in [0.2, 0.25) is 15.9 Å². The largest absolute Gasteiger partial charge is 0.383 e. The number of rotatable bonds is 7. The van der Waals surface area contributed by atoms with E-state index in [-0.39, 0.29) is 17.6 Å². The Balaban J connectivity index is 1.46. The number of pyridine rings is 1. The predicted octanol–water partition coefficient (Wildman–Crippen LogP) is 2.48. The van der Waals surface area contributed by atoms with Crippen molar-refractivity contribution < 1.29 is 13.2 Å². The Morgan fingerprint density at radius 1 is 1.25 bits per heavy atom. The maximum absolute atomic E-state index is 12.4. The quantitative estimate of drug-likeness (QED) is 0.666. The van der Waals surface area contributed by atoms with Gasteiger partial charge in [0, 0.05) is 54.4 Å². The van der Waals surface area contributed by atoms with E-state index in [0.717, 1.165) is 16.6 Å². The van der Waals surface area contributed by atoms with Crippen LogP contribution in [0.4, 0.5) is 5.69 Å². The Kier molecular flexibility index (Phi) is 6.74. The van der Waals surface area contributed by atoms with E-state index >= 15 is 0 Å². The first kappa shape index (κ1) is 20.8. The highest BCUT2D eigenvalue weighted by Crippen LogP contribution is 2.24. The van der Waals surface area contributed by atoms with E-state index in [1.54, 1.807) is 13.1 Å². The van der Waals surface area contributed by atoms with Crippen LogP contribution in [0.15, 0.2) is 30.5 Å². The van der Waals surface area contributed by atoms with Crippen LogP contribution in [0.25, 0.3) is 10.9 Å². The van der Waals surface area contributed by atoms with Crippen LogP contribution in [0, 0.1) is 5.92 Å². The molecule has 1 aliphatic rings. The molecule has 1 aromatic heterocycles. The van der Waals surface area contributed by atoms with Gasteiger partial charge in [-0.05, 0) is 44.0 Å². The van der Waals surface area contributed by atoms with Gasteiger partial charge in [-0.25, -0.2) is 12.7 Å². The Labute approximate surface area is 170 Å². The Morgan fingerprint density at radius 3 is 2.71 bits per heavy atom. The molecule has 9 heteroatoms. The number of hydrogen-bond donors (Lipinski definition) is 2. The lowest BCUT2D eigenvalue weighted by molar-refractivity contribution is -0.126. The summed E-state index contributed by atoms with van der Waals surface area (Å²) in [7, 11) is -3.16. The Bertz CT molecular complexity index is 943. The molecule has 0 spiro atoms. The third kappa shape index (κ3) is 4.92. The monoisotopic (exact) mass is 424 g/mol. The number of hydrogen-bond acceptors (Lipinski definition) is 5. The van der Waals surface area contributed by atoms with Crippen LogP contribution in [0.5, 0.6) is 0 Å². The van der Waals surface area contributed by atoms with Crippen LogP contribution in [0.3, 0.4) is 0 Å². The first-order valence-electron chi connectivity index (χ1n) is 9.44. The molecule has 0 bridgehead atoms. The summed E-state index contributed by atoms with van der Waals surface area (Å²) in [6.07, 6.45) is 2.85. The molecule has 2 N–H and O–H groups in total. The molecule has 0 radical (unpaired) electrons. The van der Waals surface area contributed by atoms with Crippen molar-refractivity contribution in [2.45, 2.75) is 19.8 Å². The second-order valence-corrected chi connectivity index (χ2v) is 9.51. The van der Waals surface area contributed by atoms with Crippen molar-refractivity contribution in [3.05, 3.63) is 35.5 Å². The number of aromatic nitrogens is 1. The summed E-state index contributed by atoms with van der Waals surface area (Å²) < 4.78 is 25.3. The lowest BCUT2D eigenvalue weighted by atomic mass is 9.97. The fourth-order valence-corrected chi connectivity index (χ4v) is 4.68. The maximum Gasteiger partial charge on any atom is 0.223 e. The second-order valence-electron chi connectivity index (χ2n) is 6.81. The Morgan fingerprint density at radius 2 is 2.00 bits per heavy atom. The van der Waals surface area contributed by atoms with E-state index in [1.165, 1.54) is 4.31 Å². The summed E-state index contributed by atoms with van der Waals surface area (Å²) >= 11 is 6.00. The van der Waals surface area contributed by atoms with Crippen molar-refractivity contribution >= 4 is 44.1 Å². The highest BCUT2D eigenvalue weighted by molar-refractivity contribution is 7.89. The molecule has 2 heterocycles. The molecule has 152 valence electrons. The maximum atomic E-state index is 12.4. The highest BCUT2D eigenvalue weighted by Gasteiger charge is 2.29. The van der Waals surface area contributed by atoms with E-state index in [2.05, 4.69) is 15.6 Å². The van der Waals surface area contributed by atoms with Gasteiger partial charge in [-0.3, -0.25) is 9.78 Å². The molecule has 0 aliphatic carbocycles. The number of sulfonamides is 1. The zero-order chi connectivity index (χ0) is 20.1. The number of halogens is 1. The third-order valence-electron chi connectivity index (χ3n) is 5.03. The van der Waals surface area contributed by atoms with E-state index in [1.807, 2.05) is 24.3 Å². The fourth-order valence-electron chi connectivity index (χ4n) is 3.38. The average Bonchev–Trinajstić information content (AvgIpc) is 2.71. The molecule has 1 aliphatic heterocycles. The summed E-state index contributed by atoms with van der Waals surface area (Å²) in [5.74, 6) is -0.0419. The summed E-state index contributed by atoms with van der Waals surface area (Å²) in [4.78, 5) is 16.7. The normalized spacial score (nSPS) is 16.2. The van der Waals surface area contributed by atoms with Gasteiger partial charge in [0.05, 0.1) is 11.3 Å². The lowest BCUT2D eigenvalue weighted by Gasteiger charge is -2.30. The first-order valence-corrected chi connectivity index (χ1v) is 11.4. The number of carbonyl (C=O) groups excluding carboxylic acids is 1. The molecule has 0 unspecified atom stereocenters. The topological polar surface area (TPSA) is 91.4 Å². The minimum Gasteiger partial charge on any atom is -0.383 e. The van der Waals surface area contributed by atoms with Gasteiger partial charge in [-0.1, -0.05) is 11.6 Å². The molecule has 0 saturated carbocycles. The van der Waals surface area contributed by atoms with Gasteiger partial charge >= 0.3 is 0 Å². The van der Waals surface area contributed by atoms with Crippen molar-refractivity contribution in [1.29, 1.82) is 0 Å². The van der Waals surface area contributed by atoms with E-state index in [0.29, 0.717) is 44.0 Å². The van der Waals surface area contributed by atoms with Crippen molar-refractivity contribution in [1.82, 2.24) is 14.6 Å². The van der Waals surface area contributed by atoms with Crippen LogP contribution in [-0.2, 0) is 14.8 Å². The van der Waals surface area contributed by atoms with Crippen LogP contribution >= 0.6 is 11.6 Å². The van der Waals surface area contributed by atoms with Gasteiger partial charge < -0.3 is 10.6 Å². The minimum absolute atomic E-state index is 0.0123. The summed E-state index contributed by atoms with van der Waals surface area (Å²) in [6.45, 7) is 3.54. The fraction of sp³-hybridized carbons (Fsp3) is 0.474. The Hall–Kier alpha value is -1.90. The molecule has 7 nitrogen and oxygen atoms in total. The molecule has 1 fully saturated rings. The second kappa shape index (κ2) is 9.07. The molecular weight excluding hydrogens is 400 g/mol. The molecular formula is C19H25ClN4O3S. The predicted molar refractivity (Wildman–Crippen MR) is 112 cm³/mol. The number of anilines is 1. The van der Waals surface area contributed by atoms with Gasteiger partial charge in [0.15, 0.2) is 0 Å². The molecule has 0 atom stereocenters. The van der Waals surface area contributed by atoms with Crippen LogP contribution in [0.2, 0.25) is 5.02 Å². The number of carbonyl (C=O) groups is 1. The number of benzene rings is 1. The van der Waals surface area contributed by atoms with Crippen LogP contribution < -0.4 is 10.6 Å². The van der Waals surface area contributed by atoms with E-state index in [9.17, 15) is 13.2 Å².